The van der Waals surface area contributed by atoms with Gasteiger partial charge in [-0.05, 0) is 49.1 Å². The standard InChI is InChI=1S/C24H26N4O2/c1-18-13-15-27(16-14-18)21-9-7-20(8-10-21)25-23(29)17-28-24(30)12-11-22(26-28)19-5-3-2-4-6-19/h2-12,18H,13-17H2,1H3,(H,25,29). The van der Waals surface area contributed by atoms with Crippen molar-refractivity contribution in [3.05, 3.63) is 77.1 Å². The van der Waals surface area contributed by atoms with Gasteiger partial charge in [0.2, 0.25) is 5.91 Å². The summed E-state index contributed by atoms with van der Waals surface area (Å²) in [5.41, 5.74) is 3.13. The maximum Gasteiger partial charge on any atom is 0.267 e. The monoisotopic (exact) mass is 402 g/mol. The highest BCUT2D eigenvalue weighted by Crippen LogP contribution is 2.24. The van der Waals surface area contributed by atoms with Crippen LogP contribution in [0.1, 0.15) is 19.8 Å². The number of aromatic nitrogens is 2. The van der Waals surface area contributed by atoms with Crippen LogP contribution in [0.2, 0.25) is 0 Å². The number of nitrogens with zero attached hydrogens (tertiary/aromatic N) is 3. The summed E-state index contributed by atoms with van der Waals surface area (Å²) in [6, 6.07) is 20.6. The van der Waals surface area contributed by atoms with Gasteiger partial charge in [-0.25, -0.2) is 4.68 Å². The maximum atomic E-state index is 12.5. The van der Waals surface area contributed by atoms with Crippen molar-refractivity contribution < 1.29 is 4.79 Å². The van der Waals surface area contributed by atoms with Crippen molar-refractivity contribution in [1.82, 2.24) is 9.78 Å². The molecule has 6 heteroatoms. The van der Waals surface area contributed by atoms with Gasteiger partial charge in [0, 0.05) is 36.1 Å². The first-order valence-electron chi connectivity index (χ1n) is 10.4. The topological polar surface area (TPSA) is 67.2 Å². The average molecular weight is 402 g/mol. The third-order valence-corrected chi connectivity index (χ3v) is 5.53. The summed E-state index contributed by atoms with van der Waals surface area (Å²) in [7, 11) is 0. The summed E-state index contributed by atoms with van der Waals surface area (Å²) in [6.45, 7) is 4.30. The molecule has 0 spiro atoms. The molecule has 1 aliphatic rings. The fraction of sp³-hybridized carbons (Fsp3) is 0.292. The Kier molecular flexibility index (Phi) is 5.93. The Bertz CT molecular complexity index is 1050. The Hall–Kier alpha value is -3.41. The van der Waals surface area contributed by atoms with Crippen molar-refractivity contribution in [2.75, 3.05) is 23.3 Å². The molecular weight excluding hydrogens is 376 g/mol. The molecule has 2 aromatic carbocycles. The van der Waals surface area contributed by atoms with Crippen LogP contribution in [-0.2, 0) is 11.3 Å². The van der Waals surface area contributed by atoms with Gasteiger partial charge >= 0.3 is 0 Å². The molecule has 6 nitrogen and oxygen atoms in total. The molecule has 0 bridgehead atoms. The second-order valence-electron chi connectivity index (χ2n) is 7.85. The number of nitrogens with one attached hydrogen (secondary N) is 1. The molecular formula is C24H26N4O2. The van der Waals surface area contributed by atoms with E-state index in [0.717, 1.165) is 24.6 Å². The Morgan fingerprint density at radius 3 is 2.40 bits per heavy atom. The lowest BCUT2D eigenvalue weighted by atomic mass is 9.99. The lowest BCUT2D eigenvalue weighted by Gasteiger charge is -2.32. The summed E-state index contributed by atoms with van der Waals surface area (Å²) in [5.74, 6) is 0.506. The van der Waals surface area contributed by atoms with E-state index in [2.05, 4.69) is 22.2 Å². The van der Waals surface area contributed by atoms with Crippen molar-refractivity contribution in [3.63, 3.8) is 0 Å². The van der Waals surface area contributed by atoms with Crippen LogP contribution >= 0.6 is 0 Å². The summed E-state index contributed by atoms with van der Waals surface area (Å²) in [4.78, 5) is 27.0. The summed E-state index contributed by atoms with van der Waals surface area (Å²) in [5, 5.41) is 7.20. The zero-order chi connectivity index (χ0) is 20.9. The van der Waals surface area contributed by atoms with E-state index in [1.165, 1.54) is 29.3 Å². The van der Waals surface area contributed by atoms with Crippen LogP contribution in [-0.4, -0.2) is 28.8 Å². The van der Waals surface area contributed by atoms with Gasteiger partial charge in [0.25, 0.3) is 5.56 Å². The molecule has 1 fully saturated rings. The van der Waals surface area contributed by atoms with Crippen molar-refractivity contribution in [3.8, 4) is 11.3 Å². The zero-order valence-electron chi connectivity index (χ0n) is 17.1. The smallest absolute Gasteiger partial charge is 0.267 e. The molecule has 1 aliphatic heterocycles. The van der Waals surface area contributed by atoms with Gasteiger partial charge in [-0.15, -0.1) is 0 Å². The van der Waals surface area contributed by atoms with Crippen LogP contribution in [0.4, 0.5) is 11.4 Å². The highest BCUT2D eigenvalue weighted by Gasteiger charge is 2.16. The first-order valence-corrected chi connectivity index (χ1v) is 10.4. The molecule has 2 heterocycles. The van der Waals surface area contributed by atoms with Crippen LogP contribution in [0.15, 0.2) is 71.5 Å². The normalized spacial score (nSPS) is 14.5. The number of carbonyl (C=O) groups is 1. The lowest BCUT2D eigenvalue weighted by molar-refractivity contribution is -0.117. The van der Waals surface area contributed by atoms with Gasteiger partial charge in [0.05, 0.1) is 5.69 Å². The Morgan fingerprint density at radius 1 is 1.00 bits per heavy atom. The van der Waals surface area contributed by atoms with Gasteiger partial charge in [-0.2, -0.15) is 5.10 Å². The Balaban J connectivity index is 1.41. The number of hydrogen-bond donors (Lipinski definition) is 1. The number of benzene rings is 2. The Morgan fingerprint density at radius 2 is 1.70 bits per heavy atom. The molecule has 1 saturated heterocycles. The van der Waals surface area contributed by atoms with Crippen LogP contribution in [0.3, 0.4) is 0 Å². The van der Waals surface area contributed by atoms with Gasteiger partial charge < -0.3 is 10.2 Å². The number of rotatable bonds is 5. The molecule has 1 amide bonds. The third-order valence-electron chi connectivity index (χ3n) is 5.53. The largest absolute Gasteiger partial charge is 0.372 e. The first kappa shape index (κ1) is 19.9. The van der Waals surface area contributed by atoms with Gasteiger partial charge in [-0.3, -0.25) is 9.59 Å². The van der Waals surface area contributed by atoms with Crippen molar-refractivity contribution in [2.45, 2.75) is 26.3 Å². The van der Waals surface area contributed by atoms with Gasteiger partial charge in [0.15, 0.2) is 0 Å². The molecule has 154 valence electrons. The van der Waals surface area contributed by atoms with Crippen LogP contribution in [0, 0.1) is 5.92 Å². The highest BCUT2D eigenvalue weighted by atomic mass is 16.2. The van der Waals surface area contributed by atoms with Crippen molar-refractivity contribution in [2.24, 2.45) is 5.92 Å². The predicted molar refractivity (Wildman–Crippen MR) is 120 cm³/mol. The molecule has 0 saturated carbocycles. The second kappa shape index (κ2) is 8.95. The van der Waals surface area contributed by atoms with E-state index in [1.54, 1.807) is 6.07 Å². The van der Waals surface area contributed by atoms with E-state index in [1.807, 2.05) is 54.6 Å². The summed E-state index contributed by atoms with van der Waals surface area (Å²) in [6.07, 6.45) is 2.42. The molecule has 4 rings (SSSR count). The second-order valence-corrected chi connectivity index (χ2v) is 7.85. The minimum Gasteiger partial charge on any atom is -0.372 e. The van der Waals surface area contributed by atoms with E-state index >= 15 is 0 Å². The molecule has 0 unspecified atom stereocenters. The fourth-order valence-electron chi connectivity index (χ4n) is 3.68. The molecule has 0 atom stereocenters. The minimum absolute atomic E-state index is 0.134. The quantitative estimate of drug-likeness (QED) is 0.705. The van der Waals surface area contributed by atoms with Crippen LogP contribution in [0.25, 0.3) is 11.3 Å². The third kappa shape index (κ3) is 4.76. The number of carbonyl (C=O) groups excluding carboxylic acids is 1. The molecule has 30 heavy (non-hydrogen) atoms. The highest BCUT2D eigenvalue weighted by molar-refractivity contribution is 5.90. The van der Waals surface area contributed by atoms with Crippen LogP contribution < -0.4 is 15.8 Å². The molecule has 1 aromatic heterocycles. The maximum absolute atomic E-state index is 12.5. The van der Waals surface area contributed by atoms with Gasteiger partial charge in [0.1, 0.15) is 6.54 Å². The van der Waals surface area contributed by atoms with E-state index in [-0.39, 0.29) is 18.0 Å². The molecule has 0 radical (unpaired) electrons. The SMILES string of the molecule is CC1CCN(c2ccc(NC(=O)Cn3nc(-c4ccccc4)ccc3=O)cc2)CC1. The molecule has 3 aromatic rings. The van der Waals surface area contributed by atoms with E-state index in [0.29, 0.717) is 11.4 Å². The van der Waals surface area contributed by atoms with E-state index in [9.17, 15) is 9.59 Å². The average Bonchev–Trinajstić information content (AvgIpc) is 2.77. The molecule has 0 aliphatic carbocycles. The van der Waals surface area contributed by atoms with E-state index in [4.69, 9.17) is 0 Å². The summed E-state index contributed by atoms with van der Waals surface area (Å²) < 4.78 is 1.20. The molecule has 1 N–H and O–H groups in total. The predicted octanol–water partition coefficient (Wildman–Crippen LogP) is 3.79. The van der Waals surface area contributed by atoms with Gasteiger partial charge in [-0.1, -0.05) is 37.3 Å². The zero-order valence-corrected chi connectivity index (χ0v) is 17.1. The fourth-order valence-corrected chi connectivity index (χ4v) is 3.68. The minimum atomic E-state index is -0.306. The first-order chi connectivity index (χ1) is 14.6. The van der Waals surface area contributed by atoms with Crippen molar-refractivity contribution in [1.29, 1.82) is 0 Å². The van der Waals surface area contributed by atoms with Crippen LogP contribution in [0.5, 0.6) is 0 Å². The number of piperidine rings is 1. The lowest BCUT2D eigenvalue weighted by Crippen LogP contribution is -2.32. The Labute approximate surface area is 176 Å². The number of hydrogen-bond acceptors (Lipinski definition) is 4. The number of amides is 1. The number of anilines is 2. The summed E-state index contributed by atoms with van der Waals surface area (Å²) >= 11 is 0. The van der Waals surface area contributed by atoms with E-state index < -0.39 is 0 Å². The van der Waals surface area contributed by atoms with Crippen molar-refractivity contribution >= 4 is 17.3 Å².